The molecule has 2 N–H and O–H groups in total. The second kappa shape index (κ2) is 4.51. The monoisotopic (exact) mass is 342 g/mol. The van der Waals surface area contributed by atoms with Crippen molar-refractivity contribution < 1.29 is 24.2 Å². The van der Waals surface area contributed by atoms with Crippen LogP contribution in [0.2, 0.25) is 0 Å². The number of Topliss-reactive ketones (excluding diaryl/α,β-unsaturated/α-hetero) is 2. The Kier molecular flexibility index (Phi) is 2.80. The molecule has 5 atom stereocenters. The third-order valence-corrected chi connectivity index (χ3v) is 7.51. The van der Waals surface area contributed by atoms with Gasteiger partial charge in [0.25, 0.3) is 0 Å². The zero-order chi connectivity index (χ0) is 17.7. The lowest BCUT2D eigenvalue weighted by molar-refractivity contribution is -0.133. The molecule has 1 heterocycles. The zero-order valence-electron chi connectivity index (χ0n) is 14.5. The van der Waals surface area contributed by atoms with E-state index in [-0.39, 0.29) is 17.5 Å². The van der Waals surface area contributed by atoms with Gasteiger partial charge in [0.05, 0.1) is 23.9 Å². The van der Waals surface area contributed by atoms with E-state index < -0.39 is 23.0 Å². The highest BCUT2D eigenvalue weighted by atomic mass is 16.3. The molecular formula is C20H22O5. The number of carbonyl (C=O) groups excluding carboxylic acids is 2. The maximum absolute atomic E-state index is 13.3. The molecule has 1 aromatic rings. The van der Waals surface area contributed by atoms with Crippen molar-refractivity contribution in [1.82, 2.24) is 0 Å². The standard InChI is InChI=1S/C20H22O5/c1-19-6-5-12(21)9-8-25-18(16(9)19)17(24)15-10-3-4-13(22)20(10,2)14(23)7-11(15)19/h8,10,12,14,21,23H,3-7H2,1-2H3. The normalized spacial score (nSPS) is 42.3. The predicted octanol–water partition coefficient (Wildman–Crippen LogP) is 2.61. The van der Waals surface area contributed by atoms with Crippen LogP contribution >= 0.6 is 0 Å². The Morgan fingerprint density at radius 2 is 1.96 bits per heavy atom. The summed E-state index contributed by atoms with van der Waals surface area (Å²) in [6.07, 6.45) is 2.82. The summed E-state index contributed by atoms with van der Waals surface area (Å²) in [7, 11) is 0. The zero-order valence-corrected chi connectivity index (χ0v) is 14.5. The molecule has 5 heteroatoms. The molecule has 1 aromatic heterocycles. The minimum Gasteiger partial charge on any atom is -0.460 e. The van der Waals surface area contributed by atoms with Crippen molar-refractivity contribution in [3.05, 3.63) is 34.3 Å². The van der Waals surface area contributed by atoms with Crippen LogP contribution in [-0.2, 0) is 10.2 Å². The van der Waals surface area contributed by atoms with Crippen molar-refractivity contribution in [2.24, 2.45) is 11.3 Å². The molecule has 132 valence electrons. The van der Waals surface area contributed by atoms with Crippen LogP contribution in [0, 0.1) is 11.3 Å². The maximum Gasteiger partial charge on any atom is 0.224 e. The average molecular weight is 342 g/mol. The molecule has 4 aliphatic rings. The van der Waals surface area contributed by atoms with E-state index in [2.05, 4.69) is 6.92 Å². The van der Waals surface area contributed by atoms with Gasteiger partial charge < -0.3 is 14.6 Å². The van der Waals surface area contributed by atoms with Crippen LogP contribution in [0.4, 0.5) is 0 Å². The molecule has 1 saturated carbocycles. The number of furan rings is 1. The summed E-state index contributed by atoms with van der Waals surface area (Å²) in [5.41, 5.74) is 1.89. The maximum atomic E-state index is 13.3. The van der Waals surface area contributed by atoms with Crippen molar-refractivity contribution in [2.45, 2.75) is 63.6 Å². The lowest BCUT2D eigenvalue weighted by Crippen LogP contribution is -2.51. The Morgan fingerprint density at radius 1 is 1.20 bits per heavy atom. The molecule has 0 radical (unpaired) electrons. The molecule has 0 saturated heterocycles. The average Bonchev–Trinajstić information content (AvgIpc) is 3.15. The van der Waals surface area contributed by atoms with Crippen LogP contribution in [0.25, 0.3) is 0 Å². The second-order valence-corrected chi connectivity index (χ2v) is 8.52. The molecule has 4 aliphatic carbocycles. The molecule has 0 aliphatic heterocycles. The van der Waals surface area contributed by atoms with Gasteiger partial charge in [-0.05, 0) is 38.2 Å². The first-order chi connectivity index (χ1) is 11.8. The molecule has 5 unspecified atom stereocenters. The first-order valence-corrected chi connectivity index (χ1v) is 9.09. The minimum absolute atomic E-state index is 0.0551. The SMILES string of the molecule is CC12CCC(O)c3coc(c31)C(=O)C1=C2CC(O)C2(C)C(=O)CCC12. The third kappa shape index (κ3) is 1.57. The molecular weight excluding hydrogens is 320 g/mol. The molecule has 0 bridgehead atoms. The first kappa shape index (κ1) is 15.5. The lowest BCUT2D eigenvalue weighted by atomic mass is 9.53. The predicted molar refractivity (Wildman–Crippen MR) is 88.1 cm³/mol. The number of fused-ring (bicyclic) bond motifs is 3. The number of rotatable bonds is 0. The van der Waals surface area contributed by atoms with Crippen LogP contribution in [-0.4, -0.2) is 27.9 Å². The summed E-state index contributed by atoms with van der Waals surface area (Å²) in [6.45, 7) is 3.90. The van der Waals surface area contributed by atoms with E-state index in [1.807, 2.05) is 6.92 Å². The van der Waals surface area contributed by atoms with Gasteiger partial charge >= 0.3 is 0 Å². The topological polar surface area (TPSA) is 87.7 Å². The molecule has 25 heavy (non-hydrogen) atoms. The molecule has 0 aromatic carbocycles. The summed E-state index contributed by atoms with van der Waals surface area (Å²) < 4.78 is 5.63. The smallest absolute Gasteiger partial charge is 0.224 e. The summed E-state index contributed by atoms with van der Waals surface area (Å²) in [6, 6.07) is 0. The fourth-order valence-corrected chi connectivity index (χ4v) is 5.93. The molecule has 5 nitrogen and oxygen atoms in total. The molecule has 1 fully saturated rings. The molecule has 5 rings (SSSR count). The summed E-state index contributed by atoms with van der Waals surface area (Å²) in [5.74, 6) is -0.00939. The van der Waals surface area contributed by atoms with Crippen LogP contribution in [0.1, 0.15) is 73.7 Å². The molecule has 0 spiro atoms. The van der Waals surface area contributed by atoms with Gasteiger partial charge in [-0.3, -0.25) is 9.59 Å². The highest BCUT2D eigenvalue weighted by Crippen LogP contribution is 2.61. The fourth-order valence-electron chi connectivity index (χ4n) is 5.93. The van der Waals surface area contributed by atoms with Crippen molar-refractivity contribution >= 4 is 11.6 Å². The number of allylic oxidation sites excluding steroid dienone is 1. The van der Waals surface area contributed by atoms with E-state index in [0.29, 0.717) is 49.0 Å². The van der Waals surface area contributed by atoms with E-state index in [1.54, 1.807) is 0 Å². The minimum atomic E-state index is -0.869. The number of aliphatic hydroxyl groups excluding tert-OH is 2. The second-order valence-electron chi connectivity index (χ2n) is 8.52. The van der Waals surface area contributed by atoms with Crippen molar-refractivity contribution in [2.75, 3.05) is 0 Å². The Morgan fingerprint density at radius 3 is 2.72 bits per heavy atom. The van der Waals surface area contributed by atoms with E-state index in [0.717, 1.165) is 11.1 Å². The number of hydrogen-bond acceptors (Lipinski definition) is 5. The van der Waals surface area contributed by atoms with E-state index in [1.165, 1.54) is 6.26 Å². The van der Waals surface area contributed by atoms with Crippen molar-refractivity contribution in [3.8, 4) is 0 Å². The van der Waals surface area contributed by atoms with Gasteiger partial charge in [0.1, 0.15) is 5.78 Å². The van der Waals surface area contributed by atoms with Crippen LogP contribution in [0.3, 0.4) is 0 Å². The van der Waals surface area contributed by atoms with Crippen molar-refractivity contribution in [3.63, 3.8) is 0 Å². The fraction of sp³-hybridized carbons (Fsp3) is 0.600. The molecule has 0 amide bonds. The number of ketones is 2. The van der Waals surface area contributed by atoms with Gasteiger partial charge in [0, 0.05) is 34.5 Å². The van der Waals surface area contributed by atoms with Crippen molar-refractivity contribution in [1.29, 1.82) is 0 Å². The number of hydrogen-bond donors (Lipinski definition) is 2. The summed E-state index contributed by atoms with van der Waals surface area (Å²) in [5, 5.41) is 21.2. The Bertz CT molecular complexity index is 861. The quantitative estimate of drug-likeness (QED) is 0.757. The highest BCUT2D eigenvalue weighted by molar-refractivity contribution is 6.12. The summed E-state index contributed by atoms with van der Waals surface area (Å²) in [4.78, 5) is 25.8. The van der Waals surface area contributed by atoms with Crippen LogP contribution < -0.4 is 0 Å². The number of carbonyl (C=O) groups is 2. The van der Waals surface area contributed by atoms with Crippen LogP contribution in [0.5, 0.6) is 0 Å². The van der Waals surface area contributed by atoms with Crippen LogP contribution in [0.15, 0.2) is 21.8 Å². The highest BCUT2D eigenvalue weighted by Gasteiger charge is 2.61. The van der Waals surface area contributed by atoms with Gasteiger partial charge in [0.15, 0.2) is 5.76 Å². The van der Waals surface area contributed by atoms with Gasteiger partial charge in [-0.1, -0.05) is 6.92 Å². The van der Waals surface area contributed by atoms with E-state index in [9.17, 15) is 19.8 Å². The number of aliphatic hydroxyl groups is 2. The summed E-state index contributed by atoms with van der Waals surface area (Å²) >= 11 is 0. The van der Waals surface area contributed by atoms with E-state index in [4.69, 9.17) is 4.42 Å². The van der Waals surface area contributed by atoms with Gasteiger partial charge in [-0.25, -0.2) is 0 Å². The Labute approximate surface area is 145 Å². The first-order valence-electron chi connectivity index (χ1n) is 9.09. The largest absolute Gasteiger partial charge is 0.460 e. The lowest BCUT2D eigenvalue weighted by Gasteiger charge is -2.49. The van der Waals surface area contributed by atoms with Gasteiger partial charge in [-0.2, -0.15) is 0 Å². The van der Waals surface area contributed by atoms with E-state index >= 15 is 0 Å². The Balaban J connectivity index is 1.78. The van der Waals surface area contributed by atoms with Gasteiger partial charge in [0.2, 0.25) is 5.78 Å². The van der Waals surface area contributed by atoms with Gasteiger partial charge in [-0.15, -0.1) is 0 Å². The Hall–Kier alpha value is -1.72. The third-order valence-electron chi connectivity index (χ3n) is 7.51.